The quantitative estimate of drug-likeness (QED) is 0.748. The van der Waals surface area contributed by atoms with Gasteiger partial charge < -0.3 is 10.1 Å². The third-order valence-corrected chi connectivity index (χ3v) is 3.17. The molecule has 0 aliphatic rings. The summed E-state index contributed by atoms with van der Waals surface area (Å²) in [5.41, 5.74) is 8.13. The molecule has 2 N–H and O–H groups in total. The van der Waals surface area contributed by atoms with Gasteiger partial charge in [0.05, 0.1) is 5.69 Å². The number of hydrogen-bond donors (Lipinski definition) is 1. The third kappa shape index (κ3) is 1.86. The summed E-state index contributed by atoms with van der Waals surface area (Å²) in [6.07, 6.45) is 3.51. The highest BCUT2D eigenvalue weighted by atomic mass is 79.9. The summed E-state index contributed by atoms with van der Waals surface area (Å²) in [5.74, 6) is -0.305. The fraction of sp³-hybridized carbons (Fsp3) is 0. The van der Waals surface area contributed by atoms with E-state index >= 15 is 0 Å². The molecular weight excluding hydrogens is 297 g/mol. The number of benzene rings is 1. The average Bonchev–Trinajstić information content (AvgIpc) is 2.71. The maximum atomic E-state index is 13.8. The van der Waals surface area contributed by atoms with Crippen LogP contribution in [0.5, 0.6) is 0 Å². The number of halogens is 2. The van der Waals surface area contributed by atoms with E-state index in [0.29, 0.717) is 21.4 Å². The van der Waals surface area contributed by atoms with Gasteiger partial charge in [-0.2, -0.15) is 0 Å². The predicted molar refractivity (Wildman–Crippen MR) is 72.7 cm³/mol. The first-order chi connectivity index (χ1) is 8.63. The predicted octanol–water partition coefficient (Wildman–Crippen LogP) is 3.49. The van der Waals surface area contributed by atoms with Gasteiger partial charge in [0.1, 0.15) is 11.5 Å². The molecule has 18 heavy (non-hydrogen) atoms. The van der Waals surface area contributed by atoms with Crippen molar-refractivity contribution < 1.29 is 4.39 Å². The molecule has 3 aromatic rings. The summed E-state index contributed by atoms with van der Waals surface area (Å²) < 4.78 is 16.3. The highest BCUT2D eigenvalue weighted by Crippen LogP contribution is 2.25. The largest absolute Gasteiger partial charge is 0.398 e. The van der Waals surface area contributed by atoms with Crippen LogP contribution in [0.15, 0.2) is 47.2 Å². The smallest absolute Gasteiger partial charge is 0.137 e. The maximum absolute atomic E-state index is 13.8. The minimum atomic E-state index is -0.305. The van der Waals surface area contributed by atoms with Gasteiger partial charge >= 0.3 is 0 Å². The Labute approximate surface area is 111 Å². The molecule has 2 heterocycles. The van der Waals surface area contributed by atoms with Crippen LogP contribution < -0.4 is 5.73 Å². The van der Waals surface area contributed by atoms with Crippen molar-refractivity contribution in [3.8, 4) is 11.3 Å². The van der Waals surface area contributed by atoms with Crippen LogP contribution >= 0.6 is 15.9 Å². The van der Waals surface area contributed by atoms with Crippen LogP contribution in [0.3, 0.4) is 0 Å². The van der Waals surface area contributed by atoms with Crippen molar-refractivity contribution in [2.45, 2.75) is 0 Å². The lowest BCUT2D eigenvalue weighted by atomic mass is 10.1. The van der Waals surface area contributed by atoms with Crippen molar-refractivity contribution in [2.24, 2.45) is 0 Å². The van der Waals surface area contributed by atoms with Gasteiger partial charge in [0.2, 0.25) is 0 Å². The van der Waals surface area contributed by atoms with E-state index in [2.05, 4.69) is 20.9 Å². The molecule has 2 aromatic heterocycles. The first-order valence-corrected chi connectivity index (χ1v) is 6.12. The fourth-order valence-electron chi connectivity index (χ4n) is 1.84. The number of anilines is 1. The first-order valence-electron chi connectivity index (χ1n) is 5.33. The van der Waals surface area contributed by atoms with Gasteiger partial charge in [0.15, 0.2) is 0 Å². The molecule has 0 aliphatic heterocycles. The SMILES string of the molecule is Nc1ccc2nc(-c3ccc(Br)cc3F)cn2c1. The van der Waals surface area contributed by atoms with Gasteiger partial charge in [-0.3, -0.25) is 0 Å². The normalized spacial score (nSPS) is 11.0. The Kier molecular flexibility index (Phi) is 2.56. The zero-order valence-electron chi connectivity index (χ0n) is 9.27. The number of nitrogen functional groups attached to an aromatic ring is 1. The fourth-order valence-corrected chi connectivity index (χ4v) is 2.17. The second-order valence-corrected chi connectivity index (χ2v) is 4.89. The molecule has 90 valence electrons. The molecule has 3 rings (SSSR count). The number of aromatic nitrogens is 2. The van der Waals surface area contributed by atoms with Crippen LogP contribution in [-0.2, 0) is 0 Å². The van der Waals surface area contributed by atoms with Gasteiger partial charge in [0.25, 0.3) is 0 Å². The minimum Gasteiger partial charge on any atom is -0.398 e. The van der Waals surface area contributed by atoms with E-state index in [0.717, 1.165) is 5.65 Å². The summed E-state index contributed by atoms with van der Waals surface area (Å²) in [6, 6.07) is 8.48. The van der Waals surface area contributed by atoms with E-state index in [1.807, 2.05) is 0 Å². The number of rotatable bonds is 1. The number of fused-ring (bicyclic) bond motifs is 1. The van der Waals surface area contributed by atoms with Gasteiger partial charge in [-0.05, 0) is 30.3 Å². The first kappa shape index (κ1) is 11.2. The molecule has 0 aliphatic carbocycles. The minimum absolute atomic E-state index is 0.305. The van der Waals surface area contributed by atoms with E-state index in [-0.39, 0.29) is 5.82 Å². The Balaban J connectivity index is 2.19. The van der Waals surface area contributed by atoms with Crippen molar-refractivity contribution in [1.82, 2.24) is 9.38 Å². The highest BCUT2D eigenvalue weighted by Gasteiger charge is 2.09. The van der Waals surface area contributed by atoms with Crippen LogP contribution in [0.2, 0.25) is 0 Å². The monoisotopic (exact) mass is 305 g/mol. The molecule has 1 aromatic carbocycles. The molecule has 0 unspecified atom stereocenters. The molecule has 3 nitrogen and oxygen atoms in total. The molecule has 0 spiro atoms. The van der Waals surface area contributed by atoms with Gasteiger partial charge in [-0.15, -0.1) is 0 Å². The number of nitrogens with two attached hydrogens (primary N) is 1. The summed E-state index contributed by atoms with van der Waals surface area (Å²) in [7, 11) is 0. The number of hydrogen-bond acceptors (Lipinski definition) is 2. The molecule has 0 atom stereocenters. The standard InChI is InChI=1S/C13H9BrFN3/c14-8-1-3-10(11(15)5-8)12-7-18-6-9(16)2-4-13(18)17-12/h1-7H,16H2. The second kappa shape index (κ2) is 4.10. The van der Waals surface area contributed by atoms with Crippen molar-refractivity contribution in [2.75, 3.05) is 5.73 Å². The zero-order valence-corrected chi connectivity index (χ0v) is 10.9. The molecule has 5 heteroatoms. The van der Waals surface area contributed by atoms with Crippen molar-refractivity contribution in [1.29, 1.82) is 0 Å². The number of nitrogens with zero attached hydrogens (tertiary/aromatic N) is 2. The van der Waals surface area contributed by atoms with Crippen LogP contribution in [0.25, 0.3) is 16.9 Å². The van der Waals surface area contributed by atoms with Crippen molar-refractivity contribution >= 4 is 27.3 Å². The molecule has 0 amide bonds. The average molecular weight is 306 g/mol. The van der Waals surface area contributed by atoms with Gasteiger partial charge in [-0.25, -0.2) is 9.37 Å². The van der Waals surface area contributed by atoms with Gasteiger partial charge in [-0.1, -0.05) is 15.9 Å². The lowest BCUT2D eigenvalue weighted by Crippen LogP contribution is -1.88. The summed E-state index contributed by atoms with van der Waals surface area (Å²) in [6.45, 7) is 0. The zero-order chi connectivity index (χ0) is 12.7. The number of imidazole rings is 1. The Morgan fingerprint density at radius 2 is 2.00 bits per heavy atom. The van der Waals surface area contributed by atoms with Crippen molar-refractivity contribution in [3.63, 3.8) is 0 Å². The van der Waals surface area contributed by atoms with Gasteiger partial charge in [0, 0.05) is 28.1 Å². The summed E-state index contributed by atoms with van der Waals surface area (Å²) in [4.78, 5) is 4.37. The molecule has 0 fully saturated rings. The topological polar surface area (TPSA) is 43.3 Å². The lowest BCUT2D eigenvalue weighted by molar-refractivity contribution is 0.630. The number of pyridine rings is 1. The maximum Gasteiger partial charge on any atom is 0.137 e. The molecule has 0 saturated carbocycles. The molecular formula is C13H9BrFN3. The van der Waals surface area contributed by atoms with Crippen LogP contribution in [0.4, 0.5) is 10.1 Å². The highest BCUT2D eigenvalue weighted by molar-refractivity contribution is 9.10. The third-order valence-electron chi connectivity index (χ3n) is 2.68. The Hall–Kier alpha value is -1.88. The Bertz CT molecular complexity index is 736. The summed E-state index contributed by atoms with van der Waals surface area (Å²) in [5, 5.41) is 0. The lowest BCUT2D eigenvalue weighted by Gasteiger charge is -1.98. The van der Waals surface area contributed by atoms with Crippen LogP contribution in [0.1, 0.15) is 0 Å². The van der Waals surface area contributed by atoms with E-state index in [1.165, 1.54) is 6.07 Å². The Morgan fingerprint density at radius 1 is 1.17 bits per heavy atom. The molecule has 0 radical (unpaired) electrons. The van der Waals surface area contributed by atoms with Crippen molar-refractivity contribution in [3.05, 3.63) is 53.0 Å². The van der Waals surface area contributed by atoms with Crippen LogP contribution in [-0.4, -0.2) is 9.38 Å². The second-order valence-electron chi connectivity index (χ2n) is 3.98. The Morgan fingerprint density at radius 3 is 2.78 bits per heavy atom. The summed E-state index contributed by atoms with van der Waals surface area (Å²) >= 11 is 3.23. The van der Waals surface area contributed by atoms with Crippen LogP contribution in [0, 0.1) is 5.82 Å². The van der Waals surface area contributed by atoms with E-state index in [9.17, 15) is 4.39 Å². The van der Waals surface area contributed by atoms with E-state index in [4.69, 9.17) is 5.73 Å². The molecule has 0 saturated heterocycles. The van der Waals surface area contributed by atoms with E-state index < -0.39 is 0 Å². The van der Waals surface area contributed by atoms with E-state index in [1.54, 1.807) is 41.1 Å². The molecule has 0 bridgehead atoms.